The number of carbonyl (C=O) groups is 1. The standard InChI is InChI=1S/C25H31N7O/c1-32(2)15-17-11-19(14-27-13-17)23-12-24(29-16-28-23)30-20-9-7-18(8-10-20)25(33)31-22-6-4-3-5-21(22)26/h7-14,16,21-22H,3-6,15,26H2,1-2H3,(H,31,33)(H,28,29,30). The lowest BCUT2D eigenvalue weighted by Crippen LogP contribution is -2.49. The Bertz CT molecular complexity index is 1080. The summed E-state index contributed by atoms with van der Waals surface area (Å²) in [5.74, 6) is 0.585. The number of amides is 1. The third kappa shape index (κ3) is 6.12. The van der Waals surface area contributed by atoms with Crippen molar-refractivity contribution in [3.8, 4) is 11.3 Å². The molecule has 2 aromatic heterocycles. The third-order valence-corrected chi connectivity index (χ3v) is 5.81. The Kier molecular flexibility index (Phi) is 7.26. The van der Waals surface area contributed by atoms with Crippen LogP contribution in [0, 0.1) is 0 Å². The summed E-state index contributed by atoms with van der Waals surface area (Å²) in [6.07, 6.45) is 9.35. The van der Waals surface area contributed by atoms with Gasteiger partial charge in [-0.05, 0) is 62.8 Å². The topological polar surface area (TPSA) is 109 Å². The quantitative estimate of drug-likeness (QED) is 0.512. The highest BCUT2D eigenvalue weighted by molar-refractivity contribution is 5.94. The van der Waals surface area contributed by atoms with E-state index in [1.807, 2.05) is 50.6 Å². The first kappa shape index (κ1) is 22.8. The minimum atomic E-state index is -0.0849. The predicted molar refractivity (Wildman–Crippen MR) is 130 cm³/mol. The minimum Gasteiger partial charge on any atom is -0.348 e. The van der Waals surface area contributed by atoms with E-state index >= 15 is 0 Å². The van der Waals surface area contributed by atoms with E-state index in [-0.39, 0.29) is 18.0 Å². The number of nitrogens with one attached hydrogen (secondary N) is 2. The Balaban J connectivity index is 1.42. The van der Waals surface area contributed by atoms with E-state index in [1.165, 1.54) is 6.33 Å². The van der Waals surface area contributed by atoms with E-state index in [4.69, 9.17) is 5.73 Å². The molecule has 0 saturated heterocycles. The van der Waals surface area contributed by atoms with Crippen molar-refractivity contribution in [2.45, 2.75) is 44.3 Å². The zero-order valence-electron chi connectivity index (χ0n) is 19.2. The number of pyridine rings is 1. The maximum atomic E-state index is 12.6. The predicted octanol–water partition coefficient (Wildman–Crippen LogP) is 3.34. The smallest absolute Gasteiger partial charge is 0.251 e. The van der Waals surface area contributed by atoms with Gasteiger partial charge in [-0.1, -0.05) is 12.8 Å². The molecule has 3 aromatic rings. The van der Waals surface area contributed by atoms with Gasteiger partial charge in [0, 0.05) is 53.9 Å². The first-order valence-corrected chi connectivity index (χ1v) is 11.3. The van der Waals surface area contributed by atoms with Crippen LogP contribution in [0.1, 0.15) is 41.6 Å². The second-order valence-corrected chi connectivity index (χ2v) is 8.84. The Labute approximate surface area is 194 Å². The van der Waals surface area contributed by atoms with Gasteiger partial charge in [0.1, 0.15) is 12.1 Å². The summed E-state index contributed by atoms with van der Waals surface area (Å²) in [7, 11) is 4.05. The number of rotatable bonds is 7. The Morgan fingerprint density at radius 1 is 1.09 bits per heavy atom. The van der Waals surface area contributed by atoms with Crippen LogP contribution in [0.5, 0.6) is 0 Å². The molecule has 8 nitrogen and oxygen atoms in total. The van der Waals surface area contributed by atoms with Crippen molar-refractivity contribution in [1.82, 2.24) is 25.2 Å². The summed E-state index contributed by atoms with van der Waals surface area (Å²) in [6.45, 7) is 0.809. The van der Waals surface area contributed by atoms with Gasteiger partial charge in [0.05, 0.1) is 5.69 Å². The normalized spacial score (nSPS) is 18.2. The lowest BCUT2D eigenvalue weighted by molar-refractivity contribution is 0.0921. The maximum absolute atomic E-state index is 12.6. The second kappa shape index (κ2) is 10.5. The van der Waals surface area contributed by atoms with Crippen molar-refractivity contribution in [2.24, 2.45) is 5.73 Å². The SMILES string of the molecule is CN(C)Cc1cncc(-c2cc(Nc3ccc(C(=O)NC4CCCCC4N)cc3)ncn2)c1. The fourth-order valence-electron chi connectivity index (χ4n) is 4.11. The number of nitrogens with zero attached hydrogens (tertiary/aromatic N) is 4. The minimum absolute atomic E-state index is 0.0365. The van der Waals surface area contributed by atoms with Crippen LogP contribution in [0.3, 0.4) is 0 Å². The van der Waals surface area contributed by atoms with Gasteiger partial charge in [-0.3, -0.25) is 9.78 Å². The highest BCUT2D eigenvalue weighted by Gasteiger charge is 2.23. The van der Waals surface area contributed by atoms with E-state index in [9.17, 15) is 4.79 Å². The zero-order chi connectivity index (χ0) is 23.2. The van der Waals surface area contributed by atoms with E-state index in [2.05, 4.69) is 36.6 Å². The number of aromatic nitrogens is 3. The summed E-state index contributed by atoms with van der Waals surface area (Å²) in [6, 6.07) is 11.4. The van der Waals surface area contributed by atoms with Crippen molar-refractivity contribution < 1.29 is 4.79 Å². The molecule has 1 aliphatic carbocycles. The molecule has 2 heterocycles. The first-order valence-electron chi connectivity index (χ1n) is 11.3. The summed E-state index contributed by atoms with van der Waals surface area (Å²) < 4.78 is 0. The molecular formula is C25H31N7O. The molecule has 0 spiro atoms. The van der Waals surface area contributed by atoms with E-state index < -0.39 is 0 Å². The van der Waals surface area contributed by atoms with Crippen molar-refractivity contribution in [2.75, 3.05) is 19.4 Å². The molecule has 1 aromatic carbocycles. The molecule has 33 heavy (non-hydrogen) atoms. The van der Waals surface area contributed by atoms with Crippen LogP contribution in [0.4, 0.5) is 11.5 Å². The van der Waals surface area contributed by atoms with E-state index in [0.29, 0.717) is 11.4 Å². The third-order valence-electron chi connectivity index (χ3n) is 5.81. The van der Waals surface area contributed by atoms with Gasteiger partial charge < -0.3 is 21.3 Å². The molecule has 0 radical (unpaired) electrons. The number of anilines is 2. The van der Waals surface area contributed by atoms with E-state index in [0.717, 1.165) is 54.7 Å². The van der Waals surface area contributed by atoms with Gasteiger partial charge >= 0.3 is 0 Å². The molecule has 2 atom stereocenters. The van der Waals surface area contributed by atoms with Gasteiger partial charge in [-0.15, -0.1) is 0 Å². The van der Waals surface area contributed by atoms with Gasteiger partial charge in [-0.2, -0.15) is 0 Å². The van der Waals surface area contributed by atoms with Crippen LogP contribution in [0.15, 0.2) is 55.1 Å². The molecule has 1 fully saturated rings. The monoisotopic (exact) mass is 445 g/mol. The molecule has 0 aliphatic heterocycles. The Morgan fingerprint density at radius 2 is 1.88 bits per heavy atom. The summed E-state index contributed by atoms with van der Waals surface area (Å²) in [5.41, 5.74) is 10.5. The molecule has 1 amide bonds. The lowest BCUT2D eigenvalue weighted by Gasteiger charge is -2.29. The van der Waals surface area contributed by atoms with Gasteiger partial charge in [0.15, 0.2) is 0 Å². The van der Waals surface area contributed by atoms with Crippen LogP contribution < -0.4 is 16.4 Å². The lowest BCUT2D eigenvalue weighted by atomic mass is 9.91. The van der Waals surface area contributed by atoms with Gasteiger partial charge in [-0.25, -0.2) is 9.97 Å². The van der Waals surface area contributed by atoms with Gasteiger partial charge in [0.2, 0.25) is 0 Å². The largest absolute Gasteiger partial charge is 0.348 e. The molecular weight excluding hydrogens is 414 g/mol. The van der Waals surface area contributed by atoms with Crippen LogP contribution in [0.2, 0.25) is 0 Å². The molecule has 8 heteroatoms. The van der Waals surface area contributed by atoms with Crippen LogP contribution in [-0.2, 0) is 6.54 Å². The second-order valence-electron chi connectivity index (χ2n) is 8.84. The number of nitrogens with two attached hydrogens (primary N) is 1. The Hall–Kier alpha value is -3.36. The fourth-order valence-corrected chi connectivity index (χ4v) is 4.11. The molecule has 4 N–H and O–H groups in total. The summed E-state index contributed by atoms with van der Waals surface area (Å²) in [5, 5.41) is 6.37. The highest BCUT2D eigenvalue weighted by atomic mass is 16.1. The van der Waals surface area contributed by atoms with Crippen molar-refractivity contribution in [1.29, 1.82) is 0 Å². The van der Waals surface area contributed by atoms with Gasteiger partial charge in [0.25, 0.3) is 5.91 Å². The van der Waals surface area contributed by atoms with Crippen molar-refractivity contribution >= 4 is 17.4 Å². The van der Waals surface area contributed by atoms with Crippen LogP contribution in [0.25, 0.3) is 11.3 Å². The first-order chi connectivity index (χ1) is 16.0. The van der Waals surface area contributed by atoms with Crippen molar-refractivity contribution in [3.05, 3.63) is 66.2 Å². The van der Waals surface area contributed by atoms with Crippen molar-refractivity contribution in [3.63, 3.8) is 0 Å². The molecule has 172 valence electrons. The molecule has 4 rings (SSSR count). The number of hydrogen-bond acceptors (Lipinski definition) is 7. The zero-order valence-corrected chi connectivity index (χ0v) is 19.2. The van der Waals surface area contributed by atoms with Crippen LogP contribution in [-0.4, -0.2) is 51.9 Å². The molecule has 1 aliphatic rings. The maximum Gasteiger partial charge on any atom is 0.251 e. The Morgan fingerprint density at radius 3 is 2.64 bits per heavy atom. The summed E-state index contributed by atoms with van der Waals surface area (Å²) in [4.78, 5) is 27.8. The molecule has 2 unspecified atom stereocenters. The number of carbonyl (C=O) groups excluding carboxylic acids is 1. The average molecular weight is 446 g/mol. The summed E-state index contributed by atoms with van der Waals surface area (Å²) >= 11 is 0. The molecule has 1 saturated carbocycles. The van der Waals surface area contributed by atoms with Crippen LogP contribution >= 0.6 is 0 Å². The molecule has 0 bridgehead atoms. The average Bonchev–Trinajstić information content (AvgIpc) is 2.81. The highest BCUT2D eigenvalue weighted by Crippen LogP contribution is 2.22. The number of hydrogen-bond donors (Lipinski definition) is 3. The fraction of sp³-hybridized carbons (Fsp3) is 0.360. The number of benzene rings is 1. The van der Waals surface area contributed by atoms with E-state index in [1.54, 1.807) is 6.20 Å².